The fraction of sp³-hybridized carbons (Fsp3) is 0.462. The maximum atomic E-state index is 13.6. The van der Waals surface area contributed by atoms with Crippen LogP contribution in [0.5, 0.6) is 5.75 Å². The normalized spacial score (nSPS) is 12.0. The van der Waals surface area contributed by atoms with Crippen LogP contribution in [0.15, 0.2) is 18.2 Å². The number of rotatable bonds is 6. The molecule has 1 unspecified atom stereocenters. The molecule has 100 valence electrons. The van der Waals surface area contributed by atoms with Crippen molar-refractivity contribution in [3.8, 4) is 5.75 Å². The smallest absolute Gasteiger partial charge is 0.258 e. The Labute approximate surface area is 106 Å². The monoisotopic (exact) mass is 255 g/mol. The quantitative estimate of drug-likeness (QED) is 0.813. The Morgan fingerprint density at radius 3 is 2.83 bits per heavy atom. The molecule has 4 nitrogen and oxygen atoms in total. The first-order valence-electron chi connectivity index (χ1n) is 5.88. The van der Waals surface area contributed by atoms with Crippen LogP contribution in [0.2, 0.25) is 0 Å². The number of ether oxygens (including phenoxy) is 1. The fourth-order valence-corrected chi connectivity index (χ4v) is 1.69. The molecular formula is C13H18FNO3. The Morgan fingerprint density at radius 2 is 2.28 bits per heavy atom. The Kier molecular flexibility index (Phi) is 5.58. The number of benzene rings is 1. The van der Waals surface area contributed by atoms with Crippen molar-refractivity contribution in [2.75, 3.05) is 13.7 Å². The second-order valence-electron chi connectivity index (χ2n) is 3.91. The molecule has 0 spiro atoms. The zero-order valence-corrected chi connectivity index (χ0v) is 10.6. The van der Waals surface area contributed by atoms with E-state index in [1.165, 1.54) is 25.3 Å². The number of nitrogens with one attached hydrogen (secondary N) is 1. The van der Waals surface area contributed by atoms with Gasteiger partial charge < -0.3 is 15.2 Å². The standard InChI is InChI=1S/C13H18FNO3/c1-3-9(7-8-16)15-13(17)12-10(14)5-4-6-11(12)18-2/h4-6,9,16H,3,7-8H2,1-2H3,(H,15,17). The zero-order valence-electron chi connectivity index (χ0n) is 10.6. The van der Waals surface area contributed by atoms with Crippen molar-refractivity contribution in [1.82, 2.24) is 5.32 Å². The van der Waals surface area contributed by atoms with Crippen molar-refractivity contribution in [1.29, 1.82) is 0 Å². The van der Waals surface area contributed by atoms with E-state index < -0.39 is 11.7 Å². The summed E-state index contributed by atoms with van der Waals surface area (Å²) < 4.78 is 18.6. The summed E-state index contributed by atoms with van der Waals surface area (Å²) in [5, 5.41) is 11.5. The summed E-state index contributed by atoms with van der Waals surface area (Å²) in [4.78, 5) is 12.0. The molecule has 0 aliphatic heterocycles. The summed E-state index contributed by atoms with van der Waals surface area (Å²) in [7, 11) is 1.39. The number of hydrogen-bond donors (Lipinski definition) is 2. The lowest BCUT2D eigenvalue weighted by Gasteiger charge is -2.17. The van der Waals surface area contributed by atoms with E-state index in [-0.39, 0.29) is 24.0 Å². The Morgan fingerprint density at radius 1 is 1.56 bits per heavy atom. The molecule has 0 aromatic heterocycles. The van der Waals surface area contributed by atoms with Crippen molar-refractivity contribution >= 4 is 5.91 Å². The van der Waals surface area contributed by atoms with Gasteiger partial charge in [-0.3, -0.25) is 4.79 Å². The van der Waals surface area contributed by atoms with Gasteiger partial charge >= 0.3 is 0 Å². The van der Waals surface area contributed by atoms with Crippen LogP contribution in [-0.2, 0) is 0 Å². The highest BCUT2D eigenvalue weighted by atomic mass is 19.1. The van der Waals surface area contributed by atoms with Gasteiger partial charge in [0, 0.05) is 12.6 Å². The van der Waals surface area contributed by atoms with Gasteiger partial charge in [-0.2, -0.15) is 0 Å². The molecule has 18 heavy (non-hydrogen) atoms. The third kappa shape index (κ3) is 3.43. The predicted molar refractivity (Wildman–Crippen MR) is 66.2 cm³/mol. The number of carbonyl (C=O) groups excluding carboxylic acids is 1. The molecular weight excluding hydrogens is 237 g/mol. The molecule has 0 aliphatic rings. The lowest BCUT2D eigenvalue weighted by molar-refractivity contribution is 0.0921. The lowest BCUT2D eigenvalue weighted by atomic mass is 10.1. The number of aliphatic hydroxyl groups is 1. The molecule has 0 radical (unpaired) electrons. The largest absolute Gasteiger partial charge is 0.496 e. The van der Waals surface area contributed by atoms with Crippen LogP contribution in [0.25, 0.3) is 0 Å². The van der Waals surface area contributed by atoms with Crippen LogP contribution in [0.3, 0.4) is 0 Å². The first-order chi connectivity index (χ1) is 8.63. The molecule has 0 saturated carbocycles. The van der Waals surface area contributed by atoms with Crippen molar-refractivity contribution in [3.63, 3.8) is 0 Å². The molecule has 2 N–H and O–H groups in total. The molecule has 5 heteroatoms. The number of carbonyl (C=O) groups is 1. The predicted octanol–water partition coefficient (Wildman–Crippen LogP) is 1.73. The summed E-state index contributed by atoms with van der Waals surface area (Å²) >= 11 is 0. The Bertz CT molecular complexity index is 409. The van der Waals surface area contributed by atoms with Gasteiger partial charge in [0.2, 0.25) is 0 Å². The van der Waals surface area contributed by atoms with Crippen LogP contribution in [-0.4, -0.2) is 30.8 Å². The summed E-state index contributed by atoms with van der Waals surface area (Å²) in [6, 6.07) is 4.05. The van der Waals surface area contributed by atoms with Gasteiger partial charge in [-0.05, 0) is 25.0 Å². The number of aliphatic hydroxyl groups excluding tert-OH is 1. The van der Waals surface area contributed by atoms with Crippen molar-refractivity contribution < 1.29 is 19.0 Å². The van der Waals surface area contributed by atoms with Gasteiger partial charge in [0.15, 0.2) is 0 Å². The van der Waals surface area contributed by atoms with E-state index in [1.54, 1.807) is 0 Å². The molecule has 1 rings (SSSR count). The van der Waals surface area contributed by atoms with Crippen LogP contribution < -0.4 is 10.1 Å². The van der Waals surface area contributed by atoms with E-state index in [1.807, 2.05) is 6.92 Å². The van der Waals surface area contributed by atoms with Crippen molar-refractivity contribution in [2.24, 2.45) is 0 Å². The highest BCUT2D eigenvalue weighted by Gasteiger charge is 2.19. The Hall–Kier alpha value is -1.62. The SMILES string of the molecule is CCC(CCO)NC(=O)c1c(F)cccc1OC. The zero-order chi connectivity index (χ0) is 13.5. The highest BCUT2D eigenvalue weighted by molar-refractivity contribution is 5.97. The Balaban J connectivity index is 2.89. The van der Waals surface area contributed by atoms with Crippen molar-refractivity contribution in [3.05, 3.63) is 29.6 Å². The summed E-state index contributed by atoms with van der Waals surface area (Å²) in [6.07, 6.45) is 1.11. The maximum Gasteiger partial charge on any atom is 0.258 e. The molecule has 1 atom stereocenters. The molecule has 0 heterocycles. The van der Waals surface area contributed by atoms with E-state index in [0.29, 0.717) is 12.8 Å². The van der Waals surface area contributed by atoms with Gasteiger partial charge in [0.25, 0.3) is 5.91 Å². The average molecular weight is 255 g/mol. The van der Waals surface area contributed by atoms with Crippen molar-refractivity contribution in [2.45, 2.75) is 25.8 Å². The first kappa shape index (κ1) is 14.4. The van der Waals surface area contributed by atoms with Crippen LogP contribution in [0.1, 0.15) is 30.1 Å². The average Bonchev–Trinajstić information content (AvgIpc) is 2.37. The van der Waals surface area contributed by atoms with Crippen LogP contribution in [0.4, 0.5) is 4.39 Å². The van der Waals surface area contributed by atoms with E-state index in [2.05, 4.69) is 5.32 Å². The number of halogens is 1. The fourth-order valence-electron chi connectivity index (χ4n) is 1.69. The van der Waals surface area contributed by atoms with Crippen LogP contribution in [0, 0.1) is 5.82 Å². The molecule has 0 bridgehead atoms. The van der Waals surface area contributed by atoms with E-state index >= 15 is 0 Å². The minimum absolute atomic E-state index is 0.0206. The minimum atomic E-state index is -0.620. The minimum Gasteiger partial charge on any atom is -0.496 e. The third-order valence-electron chi connectivity index (χ3n) is 2.73. The van der Waals surface area contributed by atoms with Gasteiger partial charge in [0.05, 0.1) is 7.11 Å². The van der Waals surface area contributed by atoms with E-state index in [9.17, 15) is 9.18 Å². The van der Waals surface area contributed by atoms with Crippen LogP contribution >= 0.6 is 0 Å². The first-order valence-corrected chi connectivity index (χ1v) is 5.88. The maximum absolute atomic E-state index is 13.6. The van der Waals surface area contributed by atoms with Gasteiger partial charge in [-0.1, -0.05) is 13.0 Å². The van der Waals surface area contributed by atoms with E-state index in [0.717, 1.165) is 0 Å². The second-order valence-corrected chi connectivity index (χ2v) is 3.91. The molecule has 1 aromatic rings. The molecule has 1 amide bonds. The number of hydrogen-bond acceptors (Lipinski definition) is 3. The third-order valence-corrected chi connectivity index (χ3v) is 2.73. The summed E-state index contributed by atoms with van der Waals surface area (Å²) in [5.41, 5.74) is -0.101. The highest BCUT2D eigenvalue weighted by Crippen LogP contribution is 2.21. The lowest BCUT2D eigenvalue weighted by Crippen LogP contribution is -2.35. The summed E-state index contributed by atoms with van der Waals surface area (Å²) in [6.45, 7) is 1.87. The number of methoxy groups -OCH3 is 1. The second kappa shape index (κ2) is 6.96. The van der Waals surface area contributed by atoms with Gasteiger partial charge in [0.1, 0.15) is 17.1 Å². The molecule has 1 aromatic carbocycles. The molecule has 0 aliphatic carbocycles. The van der Waals surface area contributed by atoms with Gasteiger partial charge in [-0.15, -0.1) is 0 Å². The van der Waals surface area contributed by atoms with Gasteiger partial charge in [-0.25, -0.2) is 4.39 Å². The summed E-state index contributed by atoms with van der Waals surface area (Å²) in [5.74, 6) is -0.942. The number of amides is 1. The molecule has 0 saturated heterocycles. The van der Waals surface area contributed by atoms with E-state index in [4.69, 9.17) is 9.84 Å². The topological polar surface area (TPSA) is 58.6 Å². The molecule has 0 fully saturated rings.